The topological polar surface area (TPSA) is 78.9 Å². The molecule has 6 nitrogen and oxygen atoms in total. The maximum absolute atomic E-state index is 12.7. The standard InChI is InChI=1S/C50H96O6/c1-6-8-9-10-11-18-25-30-35-40-48(51)54-43-47(44-55-49(52)41-36-31-26-21-17-16-20-24-29-34-39-46(5)7-2)56-50(53)42-37-32-27-22-15-13-12-14-19-23-28-33-38-45(3)4/h45-47H,6-44H2,1-5H3/t46?,47-/m0/s1. The van der Waals surface area contributed by atoms with Gasteiger partial charge >= 0.3 is 17.9 Å². The largest absolute Gasteiger partial charge is 0.462 e. The molecule has 1 unspecified atom stereocenters. The quantitative estimate of drug-likeness (QED) is 0.0347. The third-order valence-electron chi connectivity index (χ3n) is 11.6. The Hall–Kier alpha value is -1.59. The van der Waals surface area contributed by atoms with Crippen LogP contribution in [0.15, 0.2) is 0 Å². The van der Waals surface area contributed by atoms with Gasteiger partial charge in [0.15, 0.2) is 6.10 Å². The zero-order chi connectivity index (χ0) is 41.2. The van der Waals surface area contributed by atoms with E-state index in [-0.39, 0.29) is 31.1 Å². The smallest absolute Gasteiger partial charge is 0.306 e. The molecular formula is C50H96O6. The number of rotatable bonds is 44. The second-order valence-corrected chi connectivity index (χ2v) is 17.8. The predicted octanol–water partition coefficient (Wildman–Crippen LogP) is 15.8. The first-order valence-electron chi connectivity index (χ1n) is 24.8. The molecule has 6 heteroatoms. The zero-order valence-electron chi connectivity index (χ0n) is 38.3. The van der Waals surface area contributed by atoms with Crippen LogP contribution in [0.2, 0.25) is 0 Å². The number of unbranched alkanes of at least 4 members (excludes halogenated alkanes) is 28. The van der Waals surface area contributed by atoms with Crippen LogP contribution in [-0.4, -0.2) is 37.2 Å². The van der Waals surface area contributed by atoms with Gasteiger partial charge in [-0.1, -0.05) is 234 Å². The van der Waals surface area contributed by atoms with Crippen molar-refractivity contribution in [2.24, 2.45) is 11.8 Å². The van der Waals surface area contributed by atoms with Crippen molar-refractivity contribution in [3.8, 4) is 0 Å². The Morgan fingerprint density at radius 1 is 0.375 bits per heavy atom. The number of hydrogen-bond donors (Lipinski definition) is 0. The molecule has 0 spiro atoms. The molecule has 0 saturated heterocycles. The van der Waals surface area contributed by atoms with Gasteiger partial charge < -0.3 is 14.2 Å². The minimum atomic E-state index is -0.760. The fraction of sp³-hybridized carbons (Fsp3) is 0.940. The fourth-order valence-electron chi connectivity index (χ4n) is 7.43. The zero-order valence-corrected chi connectivity index (χ0v) is 38.3. The van der Waals surface area contributed by atoms with Crippen LogP contribution in [0.4, 0.5) is 0 Å². The van der Waals surface area contributed by atoms with Gasteiger partial charge in [-0.2, -0.15) is 0 Å². The highest BCUT2D eigenvalue weighted by atomic mass is 16.6. The molecule has 0 N–H and O–H groups in total. The van der Waals surface area contributed by atoms with E-state index in [0.717, 1.165) is 69.6 Å². The Bertz CT molecular complexity index is 856. The molecule has 0 saturated carbocycles. The lowest BCUT2D eigenvalue weighted by atomic mass is 9.99. The molecular weight excluding hydrogens is 697 g/mol. The number of carbonyl (C=O) groups excluding carboxylic acids is 3. The Labute approximate surface area is 348 Å². The minimum Gasteiger partial charge on any atom is -0.462 e. The second-order valence-electron chi connectivity index (χ2n) is 17.8. The summed E-state index contributed by atoms with van der Waals surface area (Å²) >= 11 is 0. The van der Waals surface area contributed by atoms with Crippen molar-refractivity contribution in [2.75, 3.05) is 13.2 Å². The molecule has 0 bridgehead atoms. The van der Waals surface area contributed by atoms with Gasteiger partial charge in [0, 0.05) is 19.3 Å². The van der Waals surface area contributed by atoms with Crippen LogP contribution >= 0.6 is 0 Å². The normalized spacial score (nSPS) is 12.5. The van der Waals surface area contributed by atoms with Crippen LogP contribution < -0.4 is 0 Å². The average molecular weight is 793 g/mol. The van der Waals surface area contributed by atoms with Crippen molar-refractivity contribution in [1.82, 2.24) is 0 Å². The van der Waals surface area contributed by atoms with E-state index >= 15 is 0 Å². The Balaban J connectivity index is 4.30. The minimum absolute atomic E-state index is 0.0643. The molecule has 2 atom stereocenters. The fourth-order valence-corrected chi connectivity index (χ4v) is 7.43. The van der Waals surface area contributed by atoms with E-state index in [1.54, 1.807) is 0 Å². The summed E-state index contributed by atoms with van der Waals surface area (Å²) in [5, 5.41) is 0. The summed E-state index contributed by atoms with van der Waals surface area (Å²) < 4.78 is 16.8. The molecule has 0 aliphatic heterocycles. The van der Waals surface area contributed by atoms with Gasteiger partial charge in [-0.15, -0.1) is 0 Å². The number of esters is 3. The predicted molar refractivity (Wildman–Crippen MR) is 238 cm³/mol. The molecule has 0 aliphatic carbocycles. The molecule has 0 aromatic rings. The SMILES string of the molecule is CCCCCCCCCCCC(=O)OC[C@@H](COC(=O)CCCCCCCCCCCCC(C)CC)OC(=O)CCCCCCCCCCCCCCC(C)C. The van der Waals surface area contributed by atoms with Gasteiger partial charge in [0.2, 0.25) is 0 Å². The van der Waals surface area contributed by atoms with Crippen molar-refractivity contribution < 1.29 is 28.6 Å². The van der Waals surface area contributed by atoms with Gasteiger partial charge in [0.1, 0.15) is 13.2 Å². The highest BCUT2D eigenvalue weighted by Crippen LogP contribution is 2.17. The molecule has 0 rings (SSSR count). The third-order valence-corrected chi connectivity index (χ3v) is 11.6. The first kappa shape index (κ1) is 54.4. The maximum atomic E-state index is 12.7. The lowest BCUT2D eigenvalue weighted by Gasteiger charge is -2.18. The maximum Gasteiger partial charge on any atom is 0.306 e. The summed E-state index contributed by atoms with van der Waals surface area (Å²) in [7, 11) is 0. The van der Waals surface area contributed by atoms with E-state index in [4.69, 9.17) is 14.2 Å². The van der Waals surface area contributed by atoms with Gasteiger partial charge in [-0.05, 0) is 31.1 Å². The first-order chi connectivity index (χ1) is 27.3. The molecule has 56 heavy (non-hydrogen) atoms. The molecule has 0 amide bonds. The molecule has 0 radical (unpaired) electrons. The van der Waals surface area contributed by atoms with Crippen molar-refractivity contribution in [1.29, 1.82) is 0 Å². The van der Waals surface area contributed by atoms with E-state index in [2.05, 4.69) is 34.6 Å². The second kappa shape index (κ2) is 43.0. The van der Waals surface area contributed by atoms with Crippen LogP contribution in [0.25, 0.3) is 0 Å². The van der Waals surface area contributed by atoms with Gasteiger partial charge in [-0.25, -0.2) is 0 Å². The van der Waals surface area contributed by atoms with Crippen LogP contribution in [0.5, 0.6) is 0 Å². The van der Waals surface area contributed by atoms with Gasteiger partial charge in [0.05, 0.1) is 0 Å². The number of carbonyl (C=O) groups is 3. The summed E-state index contributed by atoms with van der Waals surface area (Å²) in [6.45, 7) is 11.4. The lowest BCUT2D eigenvalue weighted by Crippen LogP contribution is -2.30. The molecule has 0 aliphatic rings. The van der Waals surface area contributed by atoms with E-state index < -0.39 is 6.10 Å². The molecule has 0 aromatic heterocycles. The Kier molecular flexibility index (Phi) is 41.8. The summed E-state index contributed by atoms with van der Waals surface area (Å²) in [4.78, 5) is 37.8. The van der Waals surface area contributed by atoms with Gasteiger partial charge in [0.25, 0.3) is 0 Å². The van der Waals surface area contributed by atoms with Crippen molar-refractivity contribution in [2.45, 2.75) is 278 Å². The summed E-state index contributed by atoms with van der Waals surface area (Å²) in [6.07, 6.45) is 42.2. The van der Waals surface area contributed by atoms with E-state index in [9.17, 15) is 14.4 Å². The number of hydrogen-bond acceptors (Lipinski definition) is 6. The lowest BCUT2D eigenvalue weighted by molar-refractivity contribution is -0.167. The monoisotopic (exact) mass is 793 g/mol. The van der Waals surface area contributed by atoms with Crippen molar-refractivity contribution in [3.63, 3.8) is 0 Å². The van der Waals surface area contributed by atoms with Crippen molar-refractivity contribution >= 4 is 17.9 Å². The van der Waals surface area contributed by atoms with E-state index in [1.165, 1.54) is 161 Å². The Morgan fingerprint density at radius 2 is 0.679 bits per heavy atom. The molecule has 0 fully saturated rings. The van der Waals surface area contributed by atoms with Gasteiger partial charge in [-0.3, -0.25) is 14.4 Å². The third kappa shape index (κ3) is 42.0. The van der Waals surface area contributed by atoms with Crippen LogP contribution in [0.3, 0.4) is 0 Å². The number of ether oxygens (including phenoxy) is 3. The van der Waals surface area contributed by atoms with Crippen LogP contribution in [0.1, 0.15) is 272 Å². The van der Waals surface area contributed by atoms with Crippen molar-refractivity contribution in [3.05, 3.63) is 0 Å². The summed E-state index contributed by atoms with van der Waals surface area (Å²) in [5.74, 6) is 0.848. The highest BCUT2D eigenvalue weighted by molar-refractivity contribution is 5.71. The average Bonchev–Trinajstić information content (AvgIpc) is 3.18. The van der Waals surface area contributed by atoms with Crippen LogP contribution in [-0.2, 0) is 28.6 Å². The van der Waals surface area contributed by atoms with E-state index in [0.29, 0.717) is 19.3 Å². The van der Waals surface area contributed by atoms with Crippen LogP contribution in [0, 0.1) is 11.8 Å². The summed E-state index contributed by atoms with van der Waals surface area (Å²) in [5.41, 5.74) is 0. The molecule has 332 valence electrons. The first-order valence-corrected chi connectivity index (χ1v) is 24.8. The highest BCUT2D eigenvalue weighted by Gasteiger charge is 2.19. The molecule has 0 aromatic carbocycles. The summed E-state index contributed by atoms with van der Waals surface area (Å²) in [6, 6.07) is 0. The van der Waals surface area contributed by atoms with E-state index in [1.807, 2.05) is 0 Å². The Morgan fingerprint density at radius 3 is 1.02 bits per heavy atom. The molecule has 0 heterocycles.